The number of nitrogen functional groups attached to an aromatic ring is 1. The number of rotatable bonds is 1. The van der Waals surface area contributed by atoms with Crippen LogP contribution in [0.1, 0.15) is 18.6 Å². The lowest BCUT2D eigenvalue weighted by Gasteiger charge is -2.16. The highest BCUT2D eigenvalue weighted by molar-refractivity contribution is 5.88. The third-order valence-electron chi connectivity index (χ3n) is 1.42. The van der Waals surface area contributed by atoms with E-state index in [0.717, 1.165) is 4.68 Å². The fourth-order valence-electron chi connectivity index (χ4n) is 0.756. The molecule has 1 heterocycles. The van der Waals surface area contributed by atoms with Crippen LogP contribution in [0.15, 0.2) is 12.3 Å². The van der Waals surface area contributed by atoms with E-state index in [1.165, 1.54) is 6.20 Å². The molecule has 1 aromatic rings. The van der Waals surface area contributed by atoms with Gasteiger partial charge in [-0.05, 0) is 13.8 Å². The Morgan fingerprint density at radius 1 is 1.67 bits per heavy atom. The van der Waals surface area contributed by atoms with Gasteiger partial charge in [-0.2, -0.15) is 9.78 Å². The molecule has 0 saturated heterocycles. The zero-order valence-electron chi connectivity index (χ0n) is 7.11. The molecule has 0 aliphatic rings. The van der Waals surface area contributed by atoms with E-state index in [1.54, 1.807) is 19.9 Å². The summed E-state index contributed by atoms with van der Waals surface area (Å²) in [5.74, 6) is -0.0106. The molecule has 0 fully saturated rings. The predicted molar refractivity (Wildman–Crippen MR) is 45.5 cm³/mol. The molecule has 1 rings (SSSR count). The van der Waals surface area contributed by atoms with Crippen molar-refractivity contribution in [1.82, 2.24) is 9.78 Å². The topological polar surface area (TPSA) is 86.9 Å². The molecule has 0 atom stereocenters. The molecule has 0 spiro atoms. The summed E-state index contributed by atoms with van der Waals surface area (Å²) in [4.78, 5) is 11.4. The van der Waals surface area contributed by atoms with Crippen LogP contribution in [0.4, 0.5) is 5.82 Å². The van der Waals surface area contributed by atoms with Crippen LogP contribution in [0.25, 0.3) is 0 Å². The van der Waals surface area contributed by atoms with Crippen molar-refractivity contribution in [3.8, 4) is 0 Å². The second-order valence-electron chi connectivity index (χ2n) is 3.19. The average molecular weight is 168 g/mol. The second kappa shape index (κ2) is 2.60. The summed E-state index contributed by atoms with van der Waals surface area (Å²) in [5.41, 5.74) is 10.1. The van der Waals surface area contributed by atoms with Gasteiger partial charge in [-0.3, -0.25) is 4.79 Å². The normalized spacial score (nSPS) is 11.6. The smallest absolute Gasteiger partial charge is 0.268 e. The highest BCUT2D eigenvalue weighted by Gasteiger charge is 2.25. The van der Waals surface area contributed by atoms with E-state index < -0.39 is 5.54 Å². The summed E-state index contributed by atoms with van der Waals surface area (Å²) in [7, 11) is 0. The molecule has 5 nitrogen and oxygen atoms in total. The quantitative estimate of drug-likeness (QED) is 0.610. The van der Waals surface area contributed by atoms with Gasteiger partial charge in [0.15, 0.2) is 0 Å². The third kappa shape index (κ3) is 1.45. The highest BCUT2D eigenvalue weighted by atomic mass is 16.2. The van der Waals surface area contributed by atoms with E-state index >= 15 is 0 Å². The second-order valence-corrected chi connectivity index (χ2v) is 3.19. The zero-order valence-corrected chi connectivity index (χ0v) is 7.11. The van der Waals surface area contributed by atoms with Gasteiger partial charge in [-0.1, -0.05) is 0 Å². The number of hydrogen-bond acceptors (Lipinski definition) is 4. The lowest BCUT2D eigenvalue weighted by molar-refractivity contribution is 0.0813. The Kier molecular flexibility index (Phi) is 1.89. The molecule has 0 radical (unpaired) electrons. The Morgan fingerprint density at radius 3 is 2.58 bits per heavy atom. The first-order valence-corrected chi connectivity index (χ1v) is 3.56. The Balaban J connectivity index is 3.01. The molecular weight excluding hydrogens is 156 g/mol. The summed E-state index contributed by atoms with van der Waals surface area (Å²) < 4.78 is 1.10. The van der Waals surface area contributed by atoms with E-state index in [9.17, 15) is 4.79 Å². The van der Waals surface area contributed by atoms with E-state index in [2.05, 4.69) is 5.10 Å². The van der Waals surface area contributed by atoms with Crippen LogP contribution in [0.5, 0.6) is 0 Å². The van der Waals surface area contributed by atoms with Crippen molar-refractivity contribution >= 4 is 11.7 Å². The van der Waals surface area contributed by atoms with Crippen molar-refractivity contribution in [3.05, 3.63) is 12.3 Å². The molecule has 0 aromatic carbocycles. The molecule has 4 N–H and O–H groups in total. The van der Waals surface area contributed by atoms with Crippen LogP contribution >= 0.6 is 0 Å². The van der Waals surface area contributed by atoms with E-state index in [4.69, 9.17) is 11.5 Å². The number of nitrogens with two attached hydrogens (primary N) is 2. The van der Waals surface area contributed by atoms with Crippen LogP contribution in [0, 0.1) is 0 Å². The van der Waals surface area contributed by atoms with E-state index in [1.807, 2.05) is 0 Å². The molecule has 0 unspecified atom stereocenters. The molecule has 66 valence electrons. The summed E-state index contributed by atoms with van der Waals surface area (Å²) in [6.45, 7) is 3.22. The van der Waals surface area contributed by atoms with Crippen molar-refractivity contribution in [1.29, 1.82) is 0 Å². The Hall–Kier alpha value is -1.36. The van der Waals surface area contributed by atoms with Crippen LogP contribution in [-0.2, 0) is 0 Å². The minimum atomic E-state index is -0.944. The van der Waals surface area contributed by atoms with Crippen LogP contribution in [-0.4, -0.2) is 21.2 Å². The number of nitrogens with zero attached hydrogens (tertiary/aromatic N) is 2. The van der Waals surface area contributed by atoms with Gasteiger partial charge < -0.3 is 11.5 Å². The van der Waals surface area contributed by atoms with Gasteiger partial charge in [0, 0.05) is 6.07 Å². The fourth-order valence-corrected chi connectivity index (χ4v) is 0.756. The largest absolute Gasteiger partial charge is 0.383 e. The average Bonchev–Trinajstić information content (AvgIpc) is 2.31. The monoisotopic (exact) mass is 168 g/mol. The summed E-state index contributed by atoms with van der Waals surface area (Å²) >= 11 is 0. The summed E-state index contributed by atoms with van der Waals surface area (Å²) in [5, 5.41) is 3.74. The number of hydrogen-bond donors (Lipinski definition) is 2. The lowest BCUT2D eigenvalue weighted by atomic mass is 10.1. The number of aromatic nitrogens is 2. The molecule has 0 aliphatic carbocycles. The van der Waals surface area contributed by atoms with Gasteiger partial charge in [0.05, 0.1) is 11.7 Å². The molecule has 5 heteroatoms. The van der Waals surface area contributed by atoms with Gasteiger partial charge in [0.1, 0.15) is 5.82 Å². The Morgan fingerprint density at radius 2 is 2.25 bits per heavy atom. The van der Waals surface area contributed by atoms with Gasteiger partial charge in [-0.15, -0.1) is 0 Å². The minimum Gasteiger partial charge on any atom is -0.383 e. The first-order chi connectivity index (χ1) is 5.43. The van der Waals surface area contributed by atoms with E-state index in [-0.39, 0.29) is 5.91 Å². The maximum atomic E-state index is 11.4. The molecule has 0 amide bonds. The van der Waals surface area contributed by atoms with Crippen LogP contribution in [0.2, 0.25) is 0 Å². The summed E-state index contributed by atoms with van der Waals surface area (Å²) in [6, 6.07) is 1.55. The van der Waals surface area contributed by atoms with Gasteiger partial charge in [-0.25, -0.2) is 0 Å². The molecule has 0 aliphatic heterocycles. The van der Waals surface area contributed by atoms with Crippen molar-refractivity contribution in [2.75, 3.05) is 5.73 Å². The van der Waals surface area contributed by atoms with Gasteiger partial charge >= 0.3 is 0 Å². The van der Waals surface area contributed by atoms with Crippen molar-refractivity contribution in [3.63, 3.8) is 0 Å². The minimum absolute atomic E-state index is 0.304. The molecule has 1 aromatic heterocycles. The molecule has 12 heavy (non-hydrogen) atoms. The number of anilines is 1. The van der Waals surface area contributed by atoms with Gasteiger partial charge in [0.25, 0.3) is 5.91 Å². The third-order valence-corrected chi connectivity index (χ3v) is 1.42. The fraction of sp³-hybridized carbons (Fsp3) is 0.429. The predicted octanol–water partition coefficient (Wildman–Crippen LogP) is -0.157. The lowest BCUT2D eigenvalue weighted by Crippen LogP contribution is -2.45. The number of carbonyl (C=O) groups is 1. The SMILES string of the molecule is CC(C)(N)C(=O)n1nccc1N. The Labute approximate surface area is 70.3 Å². The first kappa shape index (κ1) is 8.73. The van der Waals surface area contributed by atoms with Crippen molar-refractivity contribution in [2.45, 2.75) is 19.4 Å². The molecule has 0 bridgehead atoms. The summed E-state index contributed by atoms with van der Waals surface area (Å²) in [6.07, 6.45) is 1.46. The maximum absolute atomic E-state index is 11.4. The molecule has 0 saturated carbocycles. The first-order valence-electron chi connectivity index (χ1n) is 3.56. The van der Waals surface area contributed by atoms with Crippen molar-refractivity contribution < 1.29 is 4.79 Å². The maximum Gasteiger partial charge on any atom is 0.268 e. The zero-order chi connectivity index (χ0) is 9.35. The van der Waals surface area contributed by atoms with Crippen molar-refractivity contribution in [2.24, 2.45) is 5.73 Å². The van der Waals surface area contributed by atoms with Crippen LogP contribution in [0.3, 0.4) is 0 Å². The Bertz CT molecular complexity index is 297. The molecular formula is C7H12N4O. The van der Waals surface area contributed by atoms with Gasteiger partial charge in [0.2, 0.25) is 0 Å². The highest BCUT2D eigenvalue weighted by Crippen LogP contribution is 2.06. The van der Waals surface area contributed by atoms with Crippen LogP contribution < -0.4 is 11.5 Å². The standard InChI is InChI=1S/C7H12N4O/c1-7(2,9)6(12)11-5(8)3-4-10-11/h3-4H,8-9H2,1-2H3. The van der Waals surface area contributed by atoms with E-state index in [0.29, 0.717) is 5.82 Å². The number of carbonyl (C=O) groups excluding carboxylic acids is 1.